The first-order valence-corrected chi connectivity index (χ1v) is 3.92. The van der Waals surface area contributed by atoms with Crippen molar-refractivity contribution in [1.29, 1.82) is 0 Å². The summed E-state index contributed by atoms with van der Waals surface area (Å²) in [5.41, 5.74) is 0.440. The largest absolute Gasteiger partial charge is 0.384 e. The Morgan fingerprint density at radius 3 is 2.62 bits per heavy atom. The molecule has 0 saturated heterocycles. The maximum absolute atomic E-state index is 11.5. The van der Waals surface area contributed by atoms with Gasteiger partial charge in [-0.15, -0.1) is 0 Å². The molecule has 13 heavy (non-hydrogen) atoms. The Labute approximate surface area is 76.4 Å². The number of benzene rings is 1. The quantitative estimate of drug-likeness (QED) is 0.638. The van der Waals surface area contributed by atoms with Crippen LogP contribution in [-0.4, -0.2) is 22.8 Å². The van der Waals surface area contributed by atoms with E-state index in [0.717, 1.165) is 0 Å². The summed E-state index contributed by atoms with van der Waals surface area (Å²) in [6.45, 7) is 0. The predicted octanol–water partition coefficient (Wildman–Crippen LogP) is 0.817. The Balaban J connectivity index is 2.63. The molecule has 0 spiro atoms. The number of ketones is 2. The third-order valence-electron chi connectivity index (χ3n) is 2.06. The van der Waals surface area contributed by atoms with E-state index in [1.807, 2.05) is 0 Å². The van der Waals surface area contributed by atoms with E-state index in [4.69, 9.17) is 1.37 Å². The van der Waals surface area contributed by atoms with Crippen molar-refractivity contribution in [1.82, 2.24) is 0 Å². The molecule has 0 bridgehead atoms. The first-order valence-electron chi connectivity index (χ1n) is 4.42. The van der Waals surface area contributed by atoms with E-state index in [2.05, 4.69) is 0 Å². The number of rotatable bonds is 0. The van der Waals surface area contributed by atoms with Crippen molar-refractivity contribution in [3.8, 4) is 0 Å². The molecule has 1 aromatic carbocycles. The summed E-state index contributed by atoms with van der Waals surface area (Å²) < 4.78 is 7.28. The van der Waals surface area contributed by atoms with E-state index in [-0.39, 0.29) is 11.3 Å². The molecule has 0 amide bonds. The summed E-state index contributed by atoms with van der Waals surface area (Å²) in [6, 6.07) is 6.24. The second-order valence-electron chi connectivity index (χ2n) is 2.92. The van der Waals surface area contributed by atoms with E-state index >= 15 is 0 Å². The SMILES string of the molecule is [2H][C@]1(O)CC(=O)c2ccccc2C1=O. The molecular weight excluding hydrogens is 168 g/mol. The molecule has 0 saturated carbocycles. The Bertz CT molecular complexity index is 423. The molecule has 1 atom stereocenters. The van der Waals surface area contributed by atoms with Gasteiger partial charge in [-0.1, -0.05) is 24.3 Å². The Hall–Kier alpha value is -1.48. The molecule has 0 aliphatic heterocycles. The van der Waals surface area contributed by atoms with Crippen LogP contribution in [0.2, 0.25) is 0 Å². The summed E-state index contributed by atoms with van der Waals surface area (Å²) in [5.74, 6) is -1.06. The van der Waals surface area contributed by atoms with Crippen LogP contribution in [0.4, 0.5) is 0 Å². The molecule has 3 nitrogen and oxygen atoms in total. The van der Waals surface area contributed by atoms with Gasteiger partial charge >= 0.3 is 0 Å². The van der Waals surface area contributed by atoms with Crippen LogP contribution in [0.5, 0.6) is 0 Å². The third kappa shape index (κ3) is 1.17. The highest BCUT2D eigenvalue weighted by Crippen LogP contribution is 2.20. The van der Waals surface area contributed by atoms with Gasteiger partial charge in [0.15, 0.2) is 11.6 Å². The van der Waals surface area contributed by atoms with Crippen molar-refractivity contribution >= 4 is 11.6 Å². The van der Waals surface area contributed by atoms with E-state index in [1.54, 1.807) is 12.1 Å². The molecule has 0 radical (unpaired) electrons. The Morgan fingerprint density at radius 1 is 1.31 bits per heavy atom. The molecule has 1 N–H and O–H groups in total. The summed E-state index contributed by atoms with van der Waals surface area (Å²) >= 11 is 0. The zero-order valence-electron chi connectivity index (χ0n) is 7.78. The molecule has 3 heteroatoms. The molecule has 0 heterocycles. The van der Waals surface area contributed by atoms with Gasteiger partial charge in [0.2, 0.25) is 0 Å². The topological polar surface area (TPSA) is 54.4 Å². The molecule has 66 valence electrons. The maximum Gasteiger partial charge on any atom is 0.192 e. The van der Waals surface area contributed by atoms with Crippen LogP contribution >= 0.6 is 0 Å². The summed E-state index contributed by atoms with van der Waals surface area (Å²) in [7, 11) is 0. The second kappa shape index (κ2) is 2.78. The van der Waals surface area contributed by atoms with Crippen molar-refractivity contribution in [2.75, 3.05) is 0 Å². The van der Waals surface area contributed by atoms with Crippen LogP contribution in [0.25, 0.3) is 0 Å². The average Bonchev–Trinajstić information content (AvgIpc) is 2.14. The molecule has 1 aliphatic rings. The lowest BCUT2D eigenvalue weighted by Crippen LogP contribution is -2.30. The third-order valence-corrected chi connectivity index (χ3v) is 2.06. The van der Waals surface area contributed by atoms with E-state index in [9.17, 15) is 14.7 Å². The Kier molecular flexibility index (Phi) is 1.49. The molecule has 0 fully saturated rings. The first-order chi connectivity index (χ1) is 6.52. The highest BCUT2D eigenvalue weighted by atomic mass is 16.3. The minimum atomic E-state index is -2.29. The smallest absolute Gasteiger partial charge is 0.192 e. The van der Waals surface area contributed by atoms with Crippen LogP contribution < -0.4 is 0 Å². The highest BCUT2D eigenvalue weighted by Gasteiger charge is 2.30. The van der Waals surface area contributed by atoms with E-state index in [0.29, 0.717) is 5.56 Å². The van der Waals surface area contributed by atoms with Crippen molar-refractivity contribution in [2.24, 2.45) is 0 Å². The van der Waals surface area contributed by atoms with Gasteiger partial charge in [0, 0.05) is 17.5 Å². The van der Waals surface area contributed by atoms with Gasteiger partial charge in [0.1, 0.15) is 6.08 Å². The zero-order chi connectivity index (χ0) is 10.3. The van der Waals surface area contributed by atoms with Gasteiger partial charge in [0.05, 0.1) is 1.37 Å². The average molecular weight is 177 g/mol. The standard InChI is InChI=1S/C10H8O3/c11-8-5-9(12)10(13)7-4-2-1-3-6(7)8/h1-4,9,12H,5H2/t9-/m0/s1/i9D. The van der Waals surface area contributed by atoms with Crippen LogP contribution in [0.15, 0.2) is 24.3 Å². The van der Waals surface area contributed by atoms with Gasteiger partial charge in [-0.05, 0) is 0 Å². The lowest BCUT2D eigenvalue weighted by Gasteiger charge is -2.17. The van der Waals surface area contributed by atoms with Crippen molar-refractivity contribution in [2.45, 2.75) is 12.5 Å². The summed E-state index contributed by atoms with van der Waals surface area (Å²) in [6.07, 6.45) is -2.74. The maximum atomic E-state index is 11.5. The fourth-order valence-corrected chi connectivity index (χ4v) is 1.41. The van der Waals surface area contributed by atoms with Gasteiger partial charge < -0.3 is 5.11 Å². The van der Waals surface area contributed by atoms with Crippen molar-refractivity contribution in [3.63, 3.8) is 0 Å². The molecular formula is C10H8O3. The Morgan fingerprint density at radius 2 is 1.92 bits per heavy atom. The number of carbonyl (C=O) groups excluding carboxylic acids is 2. The fraction of sp³-hybridized carbons (Fsp3) is 0.200. The summed E-state index contributed by atoms with van der Waals surface area (Å²) in [4.78, 5) is 22.9. The number of carbonyl (C=O) groups is 2. The number of Topliss-reactive ketones (excluding diaryl/α,β-unsaturated/α-hetero) is 2. The lowest BCUT2D eigenvalue weighted by molar-refractivity contribution is 0.0653. The predicted molar refractivity (Wildman–Crippen MR) is 45.7 cm³/mol. The molecule has 0 aromatic heterocycles. The number of fused-ring (bicyclic) bond motifs is 1. The monoisotopic (exact) mass is 177 g/mol. The van der Waals surface area contributed by atoms with E-state index in [1.165, 1.54) is 12.1 Å². The van der Waals surface area contributed by atoms with E-state index < -0.39 is 18.3 Å². The van der Waals surface area contributed by atoms with Gasteiger partial charge in [-0.3, -0.25) is 9.59 Å². The zero-order valence-corrected chi connectivity index (χ0v) is 6.78. The molecule has 1 aliphatic carbocycles. The normalized spacial score (nSPS) is 28.2. The van der Waals surface area contributed by atoms with Crippen molar-refractivity contribution < 1.29 is 16.1 Å². The number of hydrogen-bond acceptors (Lipinski definition) is 3. The van der Waals surface area contributed by atoms with Crippen LogP contribution in [0, 0.1) is 0 Å². The summed E-state index contributed by atoms with van der Waals surface area (Å²) in [5, 5.41) is 9.36. The molecule has 2 rings (SSSR count). The minimum Gasteiger partial charge on any atom is -0.384 e. The molecule has 1 aromatic rings. The highest BCUT2D eigenvalue weighted by molar-refractivity contribution is 6.15. The number of hydrogen-bond donors (Lipinski definition) is 1. The lowest BCUT2D eigenvalue weighted by atomic mass is 9.88. The minimum absolute atomic E-state index is 0.140. The first kappa shape index (κ1) is 6.97. The van der Waals surface area contributed by atoms with Crippen molar-refractivity contribution in [3.05, 3.63) is 35.4 Å². The molecule has 0 unspecified atom stereocenters. The van der Waals surface area contributed by atoms with Gasteiger partial charge in [-0.25, -0.2) is 0 Å². The van der Waals surface area contributed by atoms with Crippen LogP contribution in [0.3, 0.4) is 0 Å². The second-order valence-corrected chi connectivity index (χ2v) is 2.92. The van der Waals surface area contributed by atoms with Crippen LogP contribution in [0.1, 0.15) is 28.5 Å². The fourth-order valence-electron chi connectivity index (χ4n) is 1.41. The number of aliphatic hydroxyl groups is 1. The van der Waals surface area contributed by atoms with Gasteiger partial charge in [-0.2, -0.15) is 0 Å². The van der Waals surface area contributed by atoms with Gasteiger partial charge in [0.25, 0.3) is 0 Å². The van der Waals surface area contributed by atoms with Crippen LogP contribution in [-0.2, 0) is 0 Å².